The van der Waals surface area contributed by atoms with Gasteiger partial charge in [0, 0.05) is 25.0 Å². The summed E-state index contributed by atoms with van der Waals surface area (Å²) in [6.45, 7) is 1.44. The van der Waals surface area contributed by atoms with E-state index in [1.807, 2.05) is 0 Å². The molecular formula is C19H18ClN3O4. The van der Waals surface area contributed by atoms with Gasteiger partial charge in [-0.3, -0.25) is 14.6 Å². The zero-order valence-electron chi connectivity index (χ0n) is 14.4. The number of nitrogens with one attached hydrogen (secondary N) is 1. The third-order valence-electron chi connectivity index (χ3n) is 4.34. The van der Waals surface area contributed by atoms with Crippen molar-refractivity contribution < 1.29 is 19.5 Å². The van der Waals surface area contributed by atoms with Gasteiger partial charge in [-0.05, 0) is 49.6 Å². The van der Waals surface area contributed by atoms with Crippen molar-refractivity contribution in [3.8, 4) is 0 Å². The predicted molar refractivity (Wildman–Crippen MR) is 100 cm³/mol. The second kappa shape index (κ2) is 8.18. The standard InChI is InChI=1S/C19H18ClN3O4/c20-15-11-13(4-5-14(15)18(25)23-8-2-1-3-9-23)22-17(24)16-10-12(19(26)27)6-7-21-16/h4-7,10-11H,1-3,8-9H2,(H,22,24)(H,26,27). The Labute approximate surface area is 161 Å². The van der Waals surface area contributed by atoms with Gasteiger partial charge < -0.3 is 15.3 Å². The summed E-state index contributed by atoms with van der Waals surface area (Å²) in [5, 5.41) is 11.8. The molecule has 1 saturated heterocycles. The van der Waals surface area contributed by atoms with Gasteiger partial charge in [0.25, 0.3) is 11.8 Å². The minimum atomic E-state index is -1.14. The van der Waals surface area contributed by atoms with Crippen LogP contribution in [0.3, 0.4) is 0 Å². The smallest absolute Gasteiger partial charge is 0.335 e. The first-order valence-corrected chi connectivity index (χ1v) is 8.93. The lowest BCUT2D eigenvalue weighted by atomic mass is 10.1. The van der Waals surface area contributed by atoms with E-state index >= 15 is 0 Å². The Bertz CT molecular complexity index is 894. The Kier molecular flexibility index (Phi) is 5.71. The highest BCUT2D eigenvalue weighted by molar-refractivity contribution is 6.34. The molecule has 3 rings (SSSR count). The zero-order chi connectivity index (χ0) is 19.4. The first-order valence-electron chi connectivity index (χ1n) is 8.55. The quantitative estimate of drug-likeness (QED) is 0.838. The summed E-state index contributed by atoms with van der Waals surface area (Å²) < 4.78 is 0. The molecule has 2 amide bonds. The normalized spacial score (nSPS) is 13.9. The molecule has 1 aromatic carbocycles. The van der Waals surface area contributed by atoms with Gasteiger partial charge in [0.05, 0.1) is 16.1 Å². The monoisotopic (exact) mass is 387 g/mol. The second-order valence-electron chi connectivity index (χ2n) is 6.24. The van der Waals surface area contributed by atoms with Gasteiger partial charge in [0.2, 0.25) is 0 Å². The SMILES string of the molecule is O=C(O)c1ccnc(C(=O)Nc2ccc(C(=O)N3CCCCC3)c(Cl)c2)c1. The Morgan fingerprint density at radius 2 is 1.81 bits per heavy atom. The summed E-state index contributed by atoms with van der Waals surface area (Å²) in [6, 6.07) is 7.15. The summed E-state index contributed by atoms with van der Waals surface area (Å²) in [7, 11) is 0. The average molecular weight is 388 g/mol. The number of carbonyl (C=O) groups is 3. The maximum Gasteiger partial charge on any atom is 0.335 e. The Morgan fingerprint density at radius 1 is 1.07 bits per heavy atom. The number of aromatic carboxylic acids is 1. The minimum absolute atomic E-state index is 0.0282. The van der Waals surface area contributed by atoms with E-state index in [-0.39, 0.29) is 22.2 Å². The topological polar surface area (TPSA) is 99.6 Å². The van der Waals surface area contributed by atoms with Crippen molar-refractivity contribution >= 4 is 35.1 Å². The molecule has 27 heavy (non-hydrogen) atoms. The lowest BCUT2D eigenvalue weighted by Gasteiger charge is -2.27. The molecule has 140 valence electrons. The fourth-order valence-corrected chi connectivity index (χ4v) is 3.18. The number of carbonyl (C=O) groups excluding carboxylic acids is 2. The van der Waals surface area contributed by atoms with E-state index in [0.717, 1.165) is 32.4 Å². The summed E-state index contributed by atoms with van der Waals surface area (Å²) in [6.07, 6.45) is 4.35. The highest BCUT2D eigenvalue weighted by Crippen LogP contribution is 2.24. The molecule has 8 heteroatoms. The van der Waals surface area contributed by atoms with Crippen LogP contribution in [0.25, 0.3) is 0 Å². The summed E-state index contributed by atoms with van der Waals surface area (Å²) in [5.41, 5.74) is 0.723. The van der Waals surface area contributed by atoms with Gasteiger partial charge in [-0.2, -0.15) is 0 Å². The number of carboxylic acid groups (broad SMARTS) is 1. The number of rotatable bonds is 4. The number of carboxylic acids is 1. The Morgan fingerprint density at radius 3 is 2.48 bits per heavy atom. The molecule has 1 aliphatic rings. The van der Waals surface area contributed by atoms with Gasteiger partial charge in [-0.1, -0.05) is 11.6 Å². The van der Waals surface area contributed by atoms with Gasteiger partial charge in [-0.25, -0.2) is 4.79 Å². The molecule has 1 aromatic heterocycles. The first-order chi connectivity index (χ1) is 13.0. The number of aromatic nitrogens is 1. The van der Waals surface area contributed by atoms with Crippen LogP contribution >= 0.6 is 11.6 Å². The number of benzene rings is 1. The van der Waals surface area contributed by atoms with Crippen molar-refractivity contribution in [2.24, 2.45) is 0 Å². The number of hydrogen-bond acceptors (Lipinski definition) is 4. The number of amides is 2. The van der Waals surface area contributed by atoms with Crippen LogP contribution in [-0.4, -0.2) is 45.9 Å². The van der Waals surface area contributed by atoms with Crippen LogP contribution in [0.15, 0.2) is 36.5 Å². The molecule has 0 bridgehead atoms. The van der Waals surface area contributed by atoms with Crippen molar-refractivity contribution in [2.45, 2.75) is 19.3 Å². The summed E-state index contributed by atoms with van der Waals surface area (Å²) in [4.78, 5) is 41.5. The lowest BCUT2D eigenvalue weighted by Crippen LogP contribution is -2.35. The van der Waals surface area contributed by atoms with Gasteiger partial charge >= 0.3 is 5.97 Å². The summed E-state index contributed by atoms with van der Waals surface area (Å²) >= 11 is 6.25. The molecular weight excluding hydrogens is 370 g/mol. The molecule has 2 N–H and O–H groups in total. The largest absolute Gasteiger partial charge is 0.478 e. The van der Waals surface area contributed by atoms with Crippen LogP contribution < -0.4 is 5.32 Å². The maximum absolute atomic E-state index is 12.6. The van der Waals surface area contributed by atoms with Gasteiger partial charge in [-0.15, -0.1) is 0 Å². The zero-order valence-corrected chi connectivity index (χ0v) is 15.2. The van der Waals surface area contributed by atoms with Crippen LogP contribution in [-0.2, 0) is 0 Å². The van der Waals surface area contributed by atoms with Crippen molar-refractivity contribution in [3.05, 3.63) is 58.4 Å². The third-order valence-corrected chi connectivity index (χ3v) is 4.65. The number of pyridine rings is 1. The molecule has 0 atom stereocenters. The van der Waals surface area contributed by atoms with E-state index in [1.54, 1.807) is 17.0 Å². The second-order valence-corrected chi connectivity index (χ2v) is 6.64. The van der Waals surface area contributed by atoms with E-state index < -0.39 is 11.9 Å². The molecule has 0 aliphatic carbocycles. The molecule has 1 aliphatic heterocycles. The highest BCUT2D eigenvalue weighted by atomic mass is 35.5. The highest BCUT2D eigenvalue weighted by Gasteiger charge is 2.21. The Balaban J connectivity index is 1.73. The van der Waals surface area contributed by atoms with Crippen LogP contribution in [0, 0.1) is 0 Å². The van der Waals surface area contributed by atoms with Crippen LogP contribution in [0.2, 0.25) is 5.02 Å². The number of anilines is 1. The van der Waals surface area contributed by atoms with Crippen molar-refractivity contribution in [1.29, 1.82) is 0 Å². The fourth-order valence-electron chi connectivity index (χ4n) is 2.92. The maximum atomic E-state index is 12.6. The fraction of sp³-hybridized carbons (Fsp3) is 0.263. The molecule has 0 unspecified atom stereocenters. The molecule has 1 fully saturated rings. The van der Waals surface area contributed by atoms with Crippen molar-refractivity contribution in [1.82, 2.24) is 9.88 Å². The van der Waals surface area contributed by atoms with E-state index in [9.17, 15) is 14.4 Å². The minimum Gasteiger partial charge on any atom is -0.478 e. The average Bonchev–Trinajstić information content (AvgIpc) is 2.68. The van der Waals surface area contributed by atoms with Crippen LogP contribution in [0.5, 0.6) is 0 Å². The van der Waals surface area contributed by atoms with Crippen molar-refractivity contribution in [3.63, 3.8) is 0 Å². The van der Waals surface area contributed by atoms with E-state index in [4.69, 9.17) is 16.7 Å². The molecule has 0 saturated carbocycles. The van der Waals surface area contributed by atoms with Crippen molar-refractivity contribution in [2.75, 3.05) is 18.4 Å². The molecule has 2 heterocycles. The predicted octanol–water partition coefficient (Wildman–Crippen LogP) is 3.31. The Hall–Kier alpha value is -2.93. The molecule has 7 nitrogen and oxygen atoms in total. The lowest BCUT2D eigenvalue weighted by molar-refractivity contribution is 0.0694. The molecule has 0 radical (unpaired) electrons. The molecule has 0 spiro atoms. The number of hydrogen-bond donors (Lipinski definition) is 2. The number of likely N-dealkylation sites (tertiary alicyclic amines) is 1. The first kappa shape index (κ1) is 18.8. The molecule has 2 aromatic rings. The summed E-state index contributed by atoms with van der Waals surface area (Å²) in [5.74, 6) is -1.83. The van der Waals surface area contributed by atoms with Gasteiger partial charge in [0.15, 0.2) is 0 Å². The third kappa shape index (κ3) is 4.43. The van der Waals surface area contributed by atoms with Crippen LogP contribution in [0.4, 0.5) is 5.69 Å². The van der Waals surface area contributed by atoms with Crippen LogP contribution in [0.1, 0.15) is 50.5 Å². The number of halogens is 1. The van der Waals surface area contributed by atoms with E-state index in [0.29, 0.717) is 11.3 Å². The van der Waals surface area contributed by atoms with E-state index in [2.05, 4.69) is 10.3 Å². The van der Waals surface area contributed by atoms with Gasteiger partial charge in [0.1, 0.15) is 5.69 Å². The number of piperidine rings is 1. The van der Waals surface area contributed by atoms with E-state index in [1.165, 1.54) is 24.4 Å². The number of nitrogens with zero attached hydrogens (tertiary/aromatic N) is 2.